The summed E-state index contributed by atoms with van der Waals surface area (Å²) in [5.41, 5.74) is 0.405. The first-order valence-corrected chi connectivity index (χ1v) is 10.9. The van der Waals surface area contributed by atoms with Gasteiger partial charge >= 0.3 is 6.09 Å². The molecule has 1 aliphatic carbocycles. The largest absolute Gasteiger partial charge is 0.465 e. The molecule has 9 heteroatoms. The van der Waals surface area contributed by atoms with Crippen molar-refractivity contribution in [3.8, 4) is 11.5 Å². The highest BCUT2D eigenvalue weighted by molar-refractivity contribution is 5.93. The molecule has 3 N–H and O–H groups in total. The number of carbonyl (C=O) groups is 2. The van der Waals surface area contributed by atoms with Crippen LogP contribution in [0.25, 0.3) is 11.0 Å². The van der Waals surface area contributed by atoms with Crippen LogP contribution in [0.1, 0.15) is 40.0 Å². The van der Waals surface area contributed by atoms with Gasteiger partial charge in [-0.05, 0) is 64.3 Å². The zero-order valence-electron chi connectivity index (χ0n) is 18.8. The topological polar surface area (TPSA) is 108 Å². The van der Waals surface area contributed by atoms with Gasteiger partial charge in [-0.15, -0.1) is 0 Å². The van der Waals surface area contributed by atoms with Gasteiger partial charge in [0, 0.05) is 41.6 Å². The van der Waals surface area contributed by atoms with Crippen molar-refractivity contribution in [1.82, 2.24) is 14.9 Å². The Bertz CT molecular complexity index is 1190. The lowest BCUT2D eigenvalue weighted by Gasteiger charge is -2.38. The Morgan fingerprint density at radius 1 is 1.21 bits per heavy atom. The summed E-state index contributed by atoms with van der Waals surface area (Å²) in [5, 5.41) is 13.1. The van der Waals surface area contributed by atoms with Crippen molar-refractivity contribution in [3.63, 3.8) is 0 Å². The molecule has 0 spiro atoms. The molecule has 1 aromatic carbocycles. The number of aromatic nitrogens is 2. The van der Waals surface area contributed by atoms with E-state index in [1.54, 1.807) is 30.6 Å². The number of halogens is 1. The molecule has 0 radical (unpaired) electrons. The van der Waals surface area contributed by atoms with E-state index in [0.29, 0.717) is 36.3 Å². The zero-order chi connectivity index (χ0) is 23.8. The molecule has 174 valence electrons. The Labute approximate surface area is 190 Å². The number of hydrogen-bond acceptors (Lipinski definition) is 4. The lowest BCUT2D eigenvalue weighted by molar-refractivity contribution is -0.119. The molecule has 2 amide bonds. The molecule has 1 aliphatic rings. The molecule has 8 nitrogen and oxygen atoms in total. The normalized spacial score (nSPS) is 18.3. The molecule has 2 atom stereocenters. The van der Waals surface area contributed by atoms with E-state index in [0.717, 1.165) is 5.39 Å². The summed E-state index contributed by atoms with van der Waals surface area (Å²) in [7, 11) is 0. The molecule has 2 heterocycles. The quantitative estimate of drug-likeness (QED) is 0.480. The van der Waals surface area contributed by atoms with Gasteiger partial charge in [-0.2, -0.15) is 0 Å². The molecule has 4 rings (SSSR count). The summed E-state index contributed by atoms with van der Waals surface area (Å²) >= 11 is 0. The van der Waals surface area contributed by atoms with E-state index < -0.39 is 17.4 Å². The third-order valence-electron chi connectivity index (χ3n) is 5.91. The lowest BCUT2D eigenvalue weighted by Crippen LogP contribution is -2.50. The number of pyridine rings is 1. The van der Waals surface area contributed by atoms with Crippen LogP contribution in [0.3, 0.4) is 0 Å². The van der Waals surface area contributed by atoms with Crippen LogP contribution in [-0.2, 0) is 4.79 Å². The molecule has 3 aromatic rings. The fraction of sp³-hybridized carbons (Fsp3) is 0.375. The highest BCUT2D eigenvalue weighted by atomic mass is 19.1. The van der Waals surface area contributed by atoms with Crippen molar-refractivity contribution in [2.75, 3.05) is 5.32 Å². The number of nitrogens with zero attached hydrogens (tertiary/aromatic N) is 2. The van der Waals surface area contributed by atoms with E-state index >= 15 is 0 Å². The molecule has 33 heavy (non-hydrogen) atoms. The van der Waals surface area contributed by atoms with Crippen molar-refractivity contribution in [2.24, 2.45) is 5.92 Å². The predicted octanol–water partition coefficient (Wildman–Crippen LogP) is 5.38. The van der Waals surface area contributed by atoms with Gasteiger partial charge < -0.3 is 25.0 Å². The number of rotatable bonds is 5. The fourth-order valence-corrected chi connectivity index (χ4v) is 4.47. The molecule has 2 unspecified atom stereocenters. The van der Waals surface area contributed by atoms with Gasteiger partial charge in [-0.25, -0.2) is 14.2 Å². The fourth-order valence-electron chi connectivity index (χ4n) is 4.47. The van der Waals surface area contributed by atoms with Crippen LogP contribution < -0.4 is 10.1 Å². The highest BCUT2D eigenvalue weighted by Crippen LogP contribution is 2.35. The monoisotopic (exact) mass is 454 g/mol. The van der Waals surface area contributed by atoms with Crippen LogP contribution in [0, 0.1) is 11.7 Å². The number of nitrogens with one attached hydrogen (secondary N) is 2. The second kappa shape index (κ2) is 8.73. The number of H-pyrrole nitrogens is 1. The average Bonchev–Trinajstić information content (AvgIpc) is 3.39. The molecule has 0 saturated heterocycles. The Morgan fingerprint density at radius 3 is 2.70 bits per heavy atom. The molecule has 2 aromatic heterocycles. The second-order valence-corrected chi connectivity index (χ2v) is 9.27. The van der Waals surface area contributed by atoms with Crippen LogP contribution in [-0.4, -0.2) is 43.6 Å². The molecule has 0 bridgehead atoms. The first kappa shape index (κ1) is 22.6. The number of ether oxygens (including phenoxy) is 1. The van der Waals surface area contributed by atoms with E-state index in [-0.39, 0.29) is 23.6 Å². The average molecular weight is 455 g/mol. The molecule has 0 aliphatic heterocycles. The van der Waals surface area contributed by atoms with Crippen molar-refractivity contribution in [3.05, 3.63) is 48.5 Å². The number of fused-ring (bicyclic) bond motifs is 1. The van der Waals surface area contributed by atoms with Gasteiger partial charge in [0.1, 0.15) is 11.4 Å². The van der Waals surface area contributed by atoms with Gasteiger partial charge in [0.05, 0.1) is 5.39 Å². The Kier molecular flexibility index (Phi) is 5.97. The maximum Gasteiger partial charge on any atom is 0.407 e. The zero-order valence-corrected chi connectivity index (χ0v) is 18.8. The number of anilines is 1. The summed E-state index contributed by atoms with van der Waals surface area (Å²) in [6.45, 7) is 5.52. The van der Waals surface area contributed by atoms with Crippen molar-refractivity contribution >= 4 is 28.7 Å². The van der Waals surface area contributed by atoms with E-state index in [1.807, 2.05) is 20.8 Å². The lowest BCUT2D eigenvalue weighted by atomic mass is 10.0. The van der Waals surface area contributed by atoms with Crippen LogP contribution in [0.15, 0.2) is 42.7 Å². The van der Waals surface area contributed by atoms with Gasteiger partial charge in [-0.1, -0.05) is 0 Å². The third kappa shape index (κ3) is 4.76. The molecular formula is C24H27FN4O4. The van der Waals surface area contributed by atoms with Gasteiger partial charge in [0.25, 0.3) is 0 Å². The van der Waals surface area contributed by atoms with Crippen LogP contribution in [0.5, 0.6) is 11.5 Å². The maximum absolute atomic E-state index is 14.7. The summed E-state index contributed by atoms with van der Waals surface area (Å²) < 4.78 is 20.4. The summed E-state index contributed by atoms with van der Waals surface area (Å²) in [6.07, 6.45) is 3.94. The molecule has 1 saturated carbocycles. The van der Waals surface area contributed by atoms with Crippen LogP contribution in [0.2, 0.25) is 0 Å². The second-order valence-electron chi connectivity index (χ2n) is 9.27. The number of carbonyl (C=O) groups excluding carboxylic acids is 1. The maximum atomic E-state index is 14.7. The minimum absolute atomic E-state index is 0.0323. The smallest absolute Gasteiger partial charge is 0.407 e. The van der Waals surface area contributed by atoms with E-state index in [1.165, 1.54) is 17.0 Å². The Morgan fingerprint density at radius 2 is 2.00 bits per heavy atom. The SMILES string of the molecule is CC(C)(C)N(C(=O)O)C1CCC(C(=O)Nc2ccc(Oc3ccnc4[nH]ccc34)c(F)c2)C1. The third-order valence-corrected chi connectivity index (χ3v) is 5.91. The van der Waals surface area contributed by atoms with Crippen molar-refractivity contribution in [1.29, 1.82) is 0 Å². The summed E-state index contributed by atoms with van der Waals surface area (Å²) in [5.74, 6) is -0.687. The van der Waals surface area contributed by atoms with Crippen LogP contribution in [0.4, 0.5) is 14.9 Å². The van der Waals surface area contributed by atoms with Crippen molar-refractivity contribution in [2.45, 2.75) is 51.6 Å². The van der Waals surface area contributed by atoms with Gasteiger partial charge in [0.15, 0.2) is 11.6 Å². The minimum atomic E-state index is -0.989. The van der Waals surface area contributed by atoms with Gasteiger partial charge in [0.2, 0.25) is 5.91 Å². The number of benzene rings is 1. The number of aromatic amines is 1. The summed E-state index contributed by atoms with van der Waals surface area (Å²) in [4.78, 5) is 33.1. The molecular weight excluding hydrogens is 427 g/mol. The number of hydrogen-bond donors (Lipinski definition) is 3. The van der Waals surface area contributed by atoms with Crippen molar-refractivity contribution < 1.29 is 23.8 Å². The molecule has 1 fully saturated rings. The standard InChI is InChI=1S/C24H27FN4O4/c1-24(2,3)29(23(31)32)16-6-4-14(12-16)22(30)28-15-5-7-20(18(25)13-15)33-19-9-11-27-21-17(19)8-10-26-21/h5,7-11,13-14,16H,4,6,12H2,1-3H3,(H,26,27)(H,28,30)(H,31,32). The Balaban J connectivity index is 1.41. The first-order valence-electron chi connectivity index (χ1n) is 10.9. The number of carboxylic acid groups (broad SMARTS) is 1. The van der Waals surface area contributed by atoms with E-state index in [4.69, 9.17) is 4.74 Å². The highest BCUT2D eigenvalue weighted by Gasteiger charge is 2.40. The van der Waals surface area contributed by atoms with E-state index in [2.05, 4.69) is 15.3 Å². The minimum Gasteiger partial charge on any atom is -0.465 e. The van der Waals surface area contributed by atoms with E-state index in [9.17, 15) is 19.1 Å². The Hall–Kier alpha value is -3.62. The predicted molar refractivity (Wildman–Crippen MR) is 122 cm³/mol. The summed E-state index contributed by atoms with van der Waals surface area (Å²) in [6, 6.07) is 7.48. The van der Waals surface area contributed by atoms with Crippen LogP contribution >= 0.6 is 0 Å². The first-order chi connectivity index (χ1) is 15.6. The van der Waals surface area contributed by atoms with Gasteiger partial charge in [-0.3, -0.25) is 4.79 Å². The number of amides is 2.